The van der Waals surface area contributed by atoms with Gasteiger partial charge in [-0.1, -0.05) is 12.1 Å². The molecular formula is C15H20N4O3S. The van der Waals surface area contributed by atoms with E-state index in [1.54, 1.807) is 12.5 Å². The second-order valence-electron chi connectivity index (χ2n) is 5.55. The smallest absolute Gasteiger partial charge is 0.273 e. The second-order valence-corrected chi connectivity index (χ2v) is 6.49. The molecule has 0 aliphatic carbocycles. The van der Waals surface area contributed by atoms with E-state index in [-0.39, 0.29) is 11.8 Å². The van der Waals surface area contributed by atoms with Gasteiger partial charge in [0, 0.05) is 37.9 Å². The Labute approximate surface area is 138 Å². The molecule has 1 saturated heterocycles. The molecule has 23 heavy (non-hydrogen) atoms. The lowest BCUT2D eigenvalue weighted by molar-refractivity contribution is 0.0698. The second kappa shape index (κ2) is 7.18. The first-order valence-electron chi connectivity index (χ1n) is 7.76. The Morgan fingerprint density at radius 3 is 3.13 bits per heavy atom. The van der Waals surface area contributed by atoms with Crippen LogP contribution in [0.25, 0.3) is 0 Å². The quantitative estimate of drug-likeness (QED) is 0.833. The highest BCUT2D eigenvalue weighted by atomic mass is 32.1. The maximum Gasteiger partial charge on any atom is 0.273 e. The van der Waals surface area contributed by atoms with Gasteiger partial charge in [-0.2, -0.15) is 4.98 Å². The van der Waals surface area contributed by atoms with Crippen molar-refractivity contribution >= 4 is 17.2 Å². The van der Waals surface area contributed by atoms with Crippen LogP contribution in [0.1, 0.15) is 52.9 Å². The third-order valence-corrected chi connectivity index (χ3v) is 4.72. The predicted octanol–water partition coefficient (Wildman–Crippen LogP) is 2.25. The largest absolute Gasteiger partial charge is 0.378 e. The minimum absolute atomic E-state index is 0.0347. The summed E-state index contributed by atoms with van der Waals surface area (Å²) < 4.78 is 10.2. The highest BCUT2D eigenvalue weighted by molar-refractivity contribution is 7.09. The summed E-state index contributed by atoms with van der Waals surface area (Å²) in [7, 11) is 1.62. The van der Waals surface area contributed by atoms with Crippen LogP contribution in [0.15, 0.2) is 9.90 Å². The monoisotopic (exact) mass is 336 g/mol. The number of carbonyl (C=O) groups is 1. The lowest BCUT2D eigenvalue weighted by atomic mass is 9.97. The maximum absolute atomic E-state index is 12.6. The molecule has 1 unspecified atom stereocenters. The number of piperidine rings is 1. The van der Waals surface area contributed by atoms with Crippen LogP contribution in [0.3, 0.4) is 0 Å². The van der Waals surface area contributed by atoms with E-state index in [0.717, 1.165) is 30.8 Å². The Kier molecular flexibility index (Phi) is 5.02. The molecule has 3 rings (SSSR count). The third-order valence-electron chi connectivity index (χ3n) is 3.90. The van der Waals surface area contributed by atoms with Gasteiger partial charge in [0.05, 0.1) is 6.61 Å². The summed E-state index contributed by atoms with van der Waals surface area (Å²) in [5.74, 6) is 1.45. The normalized spacial score (nSPS) is 18.3. The van der Waals surface area contributed by atoms with Gasteiger partial charge in [0.2, 0.25) is 5.89 Å². The van der Waals surface area contributed by atoms with Gasteiger partial charge in [0.1, 0.15) is 10.7 Å². The van der Waals surface area contributed by atoms with Crippen molar-refractivity contribution in [2.75, 3.05) is 20.2 Å². The molecule has 2 aromatic rings. The molecule has 3 heterocycles. The number of rotatable bonds is 5. The van der Waals surface area contributed by atoms with Gasteiger partial charge in [-0.05, 0) is 12.8 Å². The highest BCUT2D eigenvalue weighted by Crippen LogP contribution is 2.26. The third kappa shape index (κ3) is 3.59. The minimum atomic E-state index is -0.0347. The van der Waals surface area contributed by atoms with Crippen LogP contribution in [-0.4, -0.2) is 46.1 Å². The van der Waals surface area contributed by atoms with Crippen LogP contribution in [0.2, 0.25) is 0 Å². The molecule has 1 fully saturated rings. The van der Waals surface area contributed by atoms with Crippen molar-refractivity contribution in [2.24, 2.45) is 0 Å². The standard InChI is InChI=1S/C15H20N4O3S/c1-3-12-17-14(18-22-12)10-5-4-6-19(7-10)15(20)11-9-23-13(16-11)8-21-2/h9-10H,3-8H2,1-2H3. The zero-order valence-corrected chi connectivity index (χ0v) is 14.1. The Balaban J connectivity index is 1.68. The molecular weight excluding hydrogens is 316 g/mol. The molecule has 1 aliphatic rings. The van der Waals surface area contributed by atoms with Gasteiger partial charge in [-0.3, -0.25) is 4.79 Å². The topological polar surface area (TPSA) is 81.4 Å². The molecule has 0 N–H and O–H groups in total. The molecule has 1 aliphatic heterocycles. The number of aromatic nitrogens is 3. The Morgan fingerprint density at radius 2 is 2.39 bits per heavy atom. The number of hydrogen-bond acceptors (Lipinski definition) is 7. The summed E-state index contributed by atoms with van der Waals surface area (Å²) in [5, 5.41) is 6.66. The maximum atomic E-state index is 12.6. The SMILES string of the molecule is CCc1nc(C2CCCN(C(=O)c3csc(COC)n3)C2)no1. The molecule has 0 saturated carbocycles. The Morgan fingerprint density at radius 1 is 1.52 bits per heavy atom. The fourth-order valence-electron chi connectivity index (χ4n) is 2.71. The molecule has 1 amide bonds. The summed E-state index contributed by atoms with van der Waals surface area (Å²) in [6, 6.07) is 0. The van der Waals surface area contributed by atoms with Gasteiger partial charge < -0.3 is 14.2 Å². The van der Waals surface area contributed by atoms with Crippen LogP contribution in [-0.2, 0) is 17.8 Å². The summed E-state index contributed by atoms with van der Waals surface area (Å²) in [6.45, 7) is 3.76. The molecule has 1 atom stereocenters. The summed E-state index contributed by atoms with van der Waals surface area (Å²) >= 11 is 1.45. The van der Waals surface area contributed by atoms with E-state index in [1.807, 2.05) is 11.8 Å². The van der Waals surface area contributed by atoms with Gasteiger partial charge in [0.25, 0.3) is 5.91 Å². The molecule has 0 aromatic carbocycles. The number of likely N-dealkylation sites (tertiary alicyclic amines) is 1. The summed E-state index contributed by atoms with van der Waals surface area (Å²) in [6.07, 6.45) is 2.63. The van der Waals surface area contributed by atoms with Gasteiger partial charge >= 0.3 is 0 Å². The number of thiazole rings is 1. The zero-order valence-electron chi connectivity index (χ0n) is 13.3. The number of methoxy groups -OCH3 is 1. The van der Waals surface area contributed by atoms with E-state index in [2.05, 4.69) is 15.1 Å². The molecule has 7 nitrogen and oxygen atoms in total. The van der Waals surface area contributed by atoms with Crippen molar-refractivity contribution in [1.29, 1.82) is 0 Å². The van der Waals surface area contributed by atoms with E-state index in [0.29, 0.717) is 30.6 Å². The first kappa shape index (κ1) is 16.1. The van der Waals surface area contributed by atoms with Crippen molar-refractivity contribution in [3.8, 4) is 0 Å². The number of nitrogens with zero attached hydrogens (tertiary/aromatic N) is 4. The Hall–Kier alpha value is -1.80. The van der Waals surface area contributed by atoms with Gasteiger partial charge in [0.15, 0.2) is 5.82 Å². The number of carbonyl (C=O) groups excluding carboxylic acids is 1. The van der Waals surface area contributed by atoms with E-state index >= 15 is 0 Å². The summed E-state index contributed by atoms with van der Waals surface area (Å²) in [4.78, 5) is 23.2. The predicted molar refractivity (Wildman–Crippen MR) is 84.4 cm³/mol. The average Bonchev–Trinajstić information content (AvgIpc) is 3.24. The van der Waals surface area contributed by atoms with Crippen molar-refractivity contribution in [3.63, 3.8) is 0 Å². The molecule has 8 heteroatoms. The Bertz CT molecular complexity index is 669. The summed E-state index contributed by atoms with van der Waals surface area (Å²) in [5.41, 5.74) is 0.491. The molecule has 124 valence electrons. The minimum Gasteiger partial charge on any atom is -0.378 e. The number of hydrogen-bond donors (Lipinski definition) is 0. The average molecular weight is 336 g/mol. The zero-order chi connectivity index (χ0) is 16.2. The van der Waals surface area contributed by atoms with Crippen molar-refractivity contribution in [2.45, 2.75) is 38.7 Å². The van der Waals surface area contributed by atoms with Crippen molar-refractivity contribution < 1.29 is 14.1 Å². The number of ether oxygens (including phenoxy) is 1. The lowest BCUT2D eigenvalue weighted by Gasteiger charge is -2.30. The fourth-order valence-corrected chi connectivity index (χ4v) is 3.45. The number of aryl methyl sites for hydroxylation is 1. The van der Waals surface area contributed by atoms with Crippen LogP contribution < -0.4 is 0 Å². The first-order chi connectivity index (χ1) is 11.2. The number of amides is 1. The van der Waals surface area contributed by atoms with Crippen LogP contribution in [0.4, 0.5) is 0 Å². The van der Waals surface area contributed by atoms with E-state index in [4.69, 9.17) is 9.26 Å². The molecule has 0 radical (unpaired) electrons. The fraction of sp³-hybridized carbons (Fsp3) is 0.600. The van der Waals surface area contributed by atoms with E-state index in [1.165, 1.54) is 11.3 Å². The first-order valence-corrected chi connectivity index (χ1v) is 8.64. The van der Waals surface area contributed by atoms with Crippen LogP contribution in [0.5, 0.6) is 0 Å². The van der Waals surface area contributed by atoms with Crippen LogP contribution >= 0.6 is 11.3 Å². The lowest BCUT2D eigenvalue weighted by Crippen LogP contribution is -2.39. The van der Waals surface area contributed by atoms with Gasteiger partial charge in [-0.25, -0.2) is 4.98 Å². The van der Waals surface area contributed by atoms with Crippen molar-refractivity contribution in [3.05, 3.63) is 27.8 Å². The van der Waals surface area contributed by atoms with E-state index < -0.39 is 0 Å². The molecule has 0 bridgehead atoms. The van der Waals surface area contributed by atoms with Gasteiger partial charge in [-0.15, -0.1) is 11.3 Å². The van der Waals surface area contributed by atoms with Crippen LogP contribution in [0, 0.1) is 0 Å². The van der Waals surface area contributed by atoms with E-state index in [9.17, 15) is 4.79 Å². The molecule has 0 spiro atoms. The van der Waals surface area contributed by atoms with Crippen molar-refractivity contribution in [1.82, 2.24) is 20.0 Å². The highest BCUT2D eigenvalue weighted by Gasteiger charge is 2.29. The molecule has 2 aromatic heterocycles.